The number of nitrogens with one attached hydrogen (secondary N) is 1. The highest BCUT2D eigenvalue weighted by atomic mass is 35.5. The lowest BCUT2D eigenvalue weighted by Crippen LogP contribution is -3.00. The zero-order chi connectivity index (χ0) is 28.3. The van der Waals surface area contributed by atoms with Gasteiger partial charge in [0.05, 0.1) is 32.1 Å². The van der Waals surface area contributed by atoms with Crippen molar-refractivity contribution in [2.75, 3.05) is 44.5 Å². The van der Waals surface area contributed by atoms with Gasteiger partial charge in [0.15, 0.2) is 12.3 Å². The maximum Gasteiger partial charge on any atom is 0.199 e. The van der Waals surface area contributed by atoms with Crippen LogP contribution in [0.3, 0.4) is 0 Å². The number of rotatable bonds is 10. The van der Waals surface area contributed by atoms with E-state index in [1.54, 1.807) is 7.11 Å². The van der Waals surface area contributed by atoms with Crippen molar-refractivity contribution in [3.8, 4) is 17.9 Å². The van der Waals surface area contributed by atoms with Crippen LogP contribution in [0.4, 0.5) is 17.1 Å². The minimum absolute atomic E-state index is 0. The summed E-state index contributed by atoms with van der Waals surface area (Å²) in [6.45, 7) is 1.38. The molecular weight excluding hydrogens is 530 g/mol. The Morgan fingerprint density at radius 1 is 0.805 bits per heavy atom. The lowest BCUT2D eigenvalue weighted by atomic mass is 9.90. The molecule has 1 N–H and O–H groups in total. The Bertz CT molecular complexity index is 1500. The standard InChI is InChI=1S/C34H33N5O.ClH/c1-38(24-4-22-35)31-16-8-27(9-17-31)34(28-10-18-32(19-11-28)39(2)25-5-23-36)26-6-12-29(13-7-26)37-30-14-20-33(40-3)21-15-30;/h6-21H,4-5,24-25H2,1-3H3;1H. The van der Waals surface area contributed by atoms with E-state index in [2.05, 4.69) is 99.8 Å². The fraction of sp³-hybridized carbons (Fsp3) is 0.206. The van der Waals surface area contributed by atoms with Crippen LogP contribution in [0.5, 0.6) is 5.75 Å². The summed E-state index contributed by atoms with van der Waals surface area (Å²) in [6.07, 6.45) is 9.48. The zero-order valence-electron chi connectivity index (χ0n) is 23.6. The van der Waals surface area contributed by atoms with Crippen molar-refractivity contribution >= 4 is 28.3 Å². The second-order valence-corrected chi connectivity index (χ2v) is 9.56. The second kappa shape index (κ2) is 15.1. The van der Waals surface area contributed by atoms with Crippen LogP contribution in [0.2, 0.25) is 0 Å². The molecule has 0 radical (unpaired) electrons. The molecule has 0 amide bonds. The van der Waals surface area contributed by atoms with E-state index >= 15 is 0 Å². The van der Waals surface area contributed by atoms with E-state index in [1.807, 2.05) is 38.4 Å². The number of methoxy groups -OCH3 is 1. The monoisotopic (exact) mass is 563 g/mol. The summed E-state index contributed by atoms with van der Waals surface area (Å²) in [5.41, 5.74) is 8.60. The Labute approximate surface area is 249 Å². The fourth-order valence-corrected chi connectivity index (χ4v) is 4.52. The molecule has 3 aromatic rings. The molecule has 0 saturated heterocycles. The molecule has 4 rings (SSSR count). The Hall–Kier alpha value is -4.78. The summed E-state index contributed by atoms with van der Waals surface area (Å²) in [7, 11) is 5.68. The summed E-state index contributed by atoms with van der Waals surface area (Å²) in [4.78, 5) is 2.10. The van der Waals surface area contributed by atoms with Crippen LogP contribution in [-0.4, -0.2) is 44.6 Å². The maximum atomic E-state index is 8.94. The highest BCUT2D eigenvalue weighted by molar-refractivity contribution is 6.04. The van der Waals surface area contributed by atoms with Crippen LogP contribution in [0.1, 0.15) is 24.0 Å². The summed E-state index contributed by atoms with van der Waals surface area (Å²) in [6, 6.07) is 29.3. The number of hydrogen-bond donors (Lipinski definition) is 1. The molecule has 208 valence electrons. The molecule has 1 aliphatic carbocycles. The van der Waals surface area contributed by atoms with Gasteiger partial charge in [0.25, 0.3) is 0 Å². The number of anilines is 3. The molecular formula is C34H34ClN5O. The molecule has 0 fully saturated rings. The lowest BCUT2D eigenvalue weighted by Gasteiger charge is -2.19. The molecule has 0 spiro atoms. The Balaban J connectivity index is 0.00000462. The van der Waals surface area contributed by atoms with Crippen LogP contribution in [0.25, 0.3) is 5.57 Å². The summed E-state index contributed by atoms with van der Waals surface area (Å²) in [5.74, 6) is 0.824. The van der Waals surface area contributed by atoms with Crippen LogP contribution in [0.15, 0.2) is 103 Å². The molecule has 0 atom stereocenters. The van der Waals surface area contributed by atoms with E-state index in [-0.39, 0.29) is 12.4 Å². The number of benzene rings is 3. The van der Waals surface area contributed by atoms with Gasteiger partial charge in [-0.15, -0.1) is 0 Å². The number of allylic oxidation sites excluding steroid dienone is 5. The summed E-state index contributed by atoms with van der Waals surface area (Å²) in [5, 5.41) is 21.3. The first kappa shape index (κ1) is 30.8. The van der Waals surface area contributed by atoms with Crippen molar-refractivity contribution in [2.45, 2.75) is 12.8 Å². The average Bonchev–Trinajstić information content (AvgIpc) is 3.00. The molecule has 41 heavy (non-hydrogen) atoms. The Morgan fingerprint density at radius 2 is 1.34 bits per heavy atom. The van der Waals surface area contributed by atoms with Crippen molar-refractivity contribution in [2.24, 2.45) is 0 Å². The molecule has 6 nitrogen and oxygen atoms in total. The maximum absolute atomic E-state index is 8.94. The number of hydrogen-bond acceptors (Lipinski definition) is 5. The fourth-order valence-electron chi connectivity index (χ4n) is 4.52. The van der Waals surface area contributed by atoms with E-state index in [0.29, 0.717) is 25.9 Å². The smallest absolute Gasteiger partial charge is 0.199 e. The molecule has 0 aromatic heterocycles. The molecule has 0 saturated carbocycles. The second-order valence-electron chi connectivity index (χ2n) is 9.56. The van der Waals surface area contributed by atoms with Gasteiger partial charge in [-0.1, -0.05) is 24.3 Å². The van der Waals surface area contributed by atoms with Crippen molar-refractivity contribution < 1.29 is 21.7 Å². The zero-order valence-corrected chi connectivity index (χ0v) is 24.4. The largest absolute Gasteiger partial charge is 1.00 e. The highest BCUT2D eigenvalue weighted by Crippen LogP contribution is 2.32. The normalized spacial score (nSPS) is 11.6. The van der Waals surface area contributed by atoms with Crippen LogP contribution in [0, 0.1) is 22.7 Å². The molecule has 0 bridgehead atoms. The van der Waals surface area contributed by atoms with E-state index in [4.69, 9.17) is 15.3 Å². The molecule has 0 unspecified atom stereocenters. The average molecular weight is 564 g/mol. The molecule has 0 heterocycles. The van der Waals surface area contributed by atoms with Gasteiger partial charge in [0, 0.05) is 42.8 Å². The Kier molecular flexibility index (Phi) is 11.3. The van der Waals surface area contributed by atoms with Gasteiger partial charge in [-0.25, -0.2) is 4.58 Å². The first-order chi connectivity index (χ1) is 19.5. The van der Waals surface area contributed by atoms with Gasteiger partial charge in [0.1, 0.15) is 12.8 Å². The highest BCUT2D eigenvalue weighted by Gasteiger charge is 2.15. The first-order valence-corrected chi connectivity index (χ1v) is 13.3. The quantitative estimate of drug-likeness (QED) is 0.381. The van der Waals surface area contributed by atoms with Gasteiger partial charge < -0.3 is 27.4 Å². The molecule has 1 aliphatic rings. The van der Waals surface area contributed by atoms with Crippen LogP contribution in [-0.2, 0) is 0 Å². The third-order valence-electron chi connectivity index (χ3n) is 6.86. The third-order valence-corrected chi connectivity index (χ3v) is 6.86. The minimum Gasteiger partial charge on any atom is -1.00 e. The van der Waals surface area contributed by atoms with Crippen LogP contribution >= 0.6 is 0 Å². The van der Waals surface area contributed by atoms with Crippen LogP contribution < -0.4 is 27.4 Å². The topological polar surface area (TPSA) is 75.1 Å². The van der Waals surface area contributed by atoms with Crippen molar-refractivity contribution in [1.82, 2.24) is 0 Å². The number of nitrogens with zero attached hydrogens (tertiary/aromatic N) is 4. The van der Waals surface area contributed by atoms with Gasteiger partial charge >= 0.3 is 0 Å². The van der Waals surface area contributed by atoms with E-state index in [0.717, 1.165) is 50.8 Å². The lowest BCUT2D eigenvalue weighted by molar-refractivity contribution is -0.494. The van der Waals surface area contributed by atoms with Gasteiger partial charge in [-0.05, 0) is 83.0 Å². The SMILES string of the molecule is COc1ccc(Nc2ccc(C(=C3C=CC(=[N+](C)CCC#N)C=C3)c3ccc(N(C)CCC#N)cc3)cc2)cc1.[Cl-]. The minimum atomic E-state index is 0. The van der Waals surface area contributed by atoms with Crippen molar-refractivity contribution in [3.63, 3.8) is 0 Å². The molecule has 7 heteroatoms. The van der Waals surface area contributed by atoms with Crippen molar-refractivity contribution in [1.29, 1.82) is 10.5 Å². The first-order valence-electron chi connectivity index (χ1n) is 13.3. The summed E-state index contributed by atoms with van der Waals surface area (Å²) < 4.78 is 7.35. The van der Waals surface area contributed by atoms with E-state index in [1.165, 1.54) is 0 Å². The summed E-state index contributed by atoms with van der Waals surface area (Å²) >= 11 is 0. The number of nitriles is 2. The van der Waals surface area contributed by atoms with E-state index in [9.17, 15) is 0 Å². The molecule has 3 aromatic carbocycles. The van der Waals surface area contributed by atoms with E-state index < -0.39 is 0 Å². The Morgan fingerprint density at radius 3 is 1.88 bits per heavy atom. The number of halogens is 1. The number of ether oxygens (including phenoxy) is 1. The predicted molar refractivity (Wildman–Crippen MR) is 163 cm³/mol. The predicted octanol–water partition coefficient (Wildman–Crippen LogP) is 3.72. The van der Waals surface area contributed by atoms with Gasteiger partial charge in [-0.2, -0.15) is 10.5 Å². The van der Waals surface area contributed by atoms with Crippen molar-refractivity contribution in [3.05, 3.63) is 114 Å². The molecule has 0 aliphatic heterocycles. The van der Waals surface area contributed by atoms with Gasteiger partial charge in [-0.3, -0.25) is 0 Å². The third kappa shape index (κ3) is 8.11. The van der Waals surface area contributed by atoms with Gasteiger partial charge in [0.2, 0.25) is 0 Å².